The van der Waals surface area contributed by atoms with Crippen LogP contribution in [0.3, 0.4) is 0 Å². The van der Waals surface area contributed by atoms with E-state index in [0.29, 0.717) is 32.1 Å². The Balaban J connectivity index is 0.00000500. The maximum absolute atomic E-state index is 12.4. The Labute approximate surface area is 304 Å². The Morgan fingerprint density at radius 3 is 2.21 bits per heavy atom. The number of nitrogens with zero attached hydrogens (tertiary/aromatic N) is 3. The minimum atomic E-state index is -0.958. The van der Waals surface area contributed by atoms with Crippen LogP contribution in [-0.2, 0) is 24.4 Å². The van der Waals surface area contributed by atoms with Crippen LogP contribution < -0.4 is 9.47 Å². The van der Waals surface area contributed by atoms with Gasteiger partial charge in [0, 0.05) is 92.8 Å². The summed E-state index contributed by atoms with van der Waals surface area (Å²) in [4.78, 5) is 22.4. The van der Waals surface area contributed by atoms with Crippen molar-refractivity contribution in [3.63, 3.8) is 0 Å². The molecule has 0 amide bonds. The number of aryl methyl sites for hydroxylation is 1. The van der Waals surface area contributed by atoms with E-state index >= 15 is 0 Å². The first-order chi connectivity index (χ1) is 21.8. The molecule has 5 rings (SSSR count). The van der Waals surface area contributed by atoms with Gasteiger partial charge in [-0.3, -0.25) is 9.78 Å². The number of pyridine rings is 2. The summed E-state index contributed by atoms with van der Waals surface area (Å²) in [5.74, 6) is 0.544. The monoisotopic (exact) mass is 660 g/mol. The molecule has 1 N–H and O–H groups in total. The number of aliphatic carboxylic acids is 1. The Kier molecular flexibility index (Phi) is 11.9. The fourth-order valence-electron chi connectivity index (χ4n) is 5.23. The molecule has 0 spiro atoms. The zero-order chi connectivity index (χ0) is 33.1. The normalized spacial score (nSPS) is 11.7. The van der Waals surface area contributed by atoms with Gasteiger partial charge in [0.15, 0.2) is 0 Å². The summed E-state index contributed by atoms with van der Waals surface area (Å²) in [6, 6.07) is 22.6. The molecule has 2 aromatic carbocycles. The molecular formula is C38H43N3NaO4S. The Morgan fingerprint density at radius 2 is 1.62 bits per heavy atom. The van der Waals surface area contributed by atoms with Gasteiger partial charge in [0.1, 0.15) is 12.4 Å². The van der Waals surface area contributed by atoms with Crippen molar-refractivity contribution in [2.24, 2.45) is 5.41 Å². The molecule has 0 saturated carbocycles. The van der Waals surface area contributed by atoms with Crippen molar-refractivity contribution in [1.29, 1.82) is 0 Å². The molecule has 0 aliphatic rings. The first-order valence-electron chi connectivity index (χ1n) is 15.6. The van der Waals surface area contributed by atoms with E-state index in [1.165, 1.54) is 0 Å². The van der Waals surface area contributed by atoms with Gasteiger partial charge in [-0.05, 0) is 74.7 Å². The van der Waals surface area contributed by atoms with Crippen molar-refractivity contribution in [2.75, 3.05) is 6.61 Å². The summed E-state index contributed by atoms with van der Waals surface area (Å²) in [5.41, 5.74) is 6.27. The Hall–Kier alpha value is -3.30. The van der Waals surface area contributed by atoms with E-state index in [-0.39, 0.29) is 34.3 Å². The molecule has 241 valence electrons. The van der Waals surface area contributed by atoms with Gasteiger partial charge in [0.2, 0.25) is 5.88 Å². The van der Waals surface area contributed by atoms with Crippen LogP contribution >= 0.6 is 11.8 Å². The first-order valence-corrected chi connectivity index (χ1v) is 16.4. The second kappa shape index (κ2) is 15.3. The molecule has 1 radical (unpaired) electrons. The maximum Gasteiger partial charge on any atom is 0.309 e. The van der Waals surface area contributed by atoms with Crippen molar-refractivity contribution in [1.82, 2.24) is 14.5 Å². The largest absolute Gasteiger partial charge is 0.487 e. The smallest absolute Gasteiger partial charge is 0.309 e. The molecule has 9 heteroatoms. The number of carboxylic acid groups (broad SMARTS) is 1. The predicted octanol–water partition coefficient (Wildman–Crippen LogP) is 8.60. The standard InChI is InChI=1S/C38H43N3O4S.Na/c1-8-44-34-18-14-28(22-40-34)27-12-10-26(11-13-27)23-41-32-17-16-30(45-24-29-15-9-25(2)21-39-29)19-31(32)35(46-37(3,4)5)33(41)20-38(6,7)36(42)43;/h9-19,21-22H,8,20,23-24H2,1-7H3,(H,42,43);. The summed E-state index contributed by atoms with van der Waals surface area (Å²) in [7, 11) is 0. The van der Waals surface area contributed by atoms with E-state index in [1.807, 2.05) is 56.6 Å². The van der Waals surface area contributed by atoms with E-state index in [0.717, 1.165) is 55.2 Å². The van der Waals surface area contributed by atoms with Crippen LogP contribution in [0.4, 0.5) is 0 Å². The Morgan fingerprint density at radius 1 is 0.894 bits per heavy atom. The quantitative estimate of drug-likeness (QED) is 0.106. The predicted molar refractivity (Wildman–Crippen MR) is 192 cm³/mol. The molecule has 0 bridgehead atoms. The molecule has 0 unspecified atom stereocenters. The summed E-state index contributed by atoms with van der Waals surface area (Å²) in [6.45, 7) is 15.7. The van der Waals surface area contributed by atoms with Crippen LogP contribution in [0, 0.1) is 12.3 Å². The maximum atomic E-state index is 12.4. The molecule has 3 aromatic heterocycles. The van der Waals surface area contributed by atoms with Gasteiger partial charge in [-0.25, -0.2) is 4.98 Å². The van der Waals surface area contributed by atoms with Gasteiger partial charge in [-0.15, -0.1) is 11.8 Å². The van der Waals surface area contributed by atoms with Gasteiger partial charge in [0.05, 0.1) is 17.7 Å². The third kappa shape index (κ3) is 9.20. The van der Waals surface area contributed by atoms with E-state index < -0.39 is 11.4 Å². The number of carbonyl (C=O) groups is 1. The summed E-state index contributed by atoms with van der Waals surface area (Å²) >= 11 is 1.77. The number of thioether (sulfide) groups is 1. The molecular weight excluding hydrogens is 617 g/mol. The van der Waals surface area contributed by atoms with Gasteiger partial charge in [-0.1, -0.05) is 51.1 Å². The zero-order valence-electron chi connectivity index (χ0n) is 28.8. The average Bonchev–Trinajstić information content (AvgIpc) is 3.27. The average molecular weight is 661 g/mol. The number of benzene rings is 2. The molecule has 7 nitrogen and oxygen atoms in total. The van der Waals surface area contributed by atoms with Gasteiger partial charge < -0.3 is 19.1 Å². The molecule has 0 aliphatic heterocycles. The Bertz CT molecular complexity index is 1810. The summed E-state index contributed by atoms with van der Waals surface area (Å²) in [5, 5.41) is 11.2. The van der Waals surface area contributed by atoms with E-state index in [2.05, 4.69) is 71.7 Å². The zero-order valence-corrected chi connectivity index (χ0v) is 31.6. The molecule has 3 heterocycles. The van der Waals surface area contributed by atoms with Crippen molar-refractivity contribution in [3.05, 3.63) is 102 Å². The second-order valence-electron chi connectivity index (χ2n) is 13.3. The van der Waals surface area contributed by atoms with Crippen molar-refractivity contribution < 1.29 is 19.4 Å². The summed E-state index contributed by atoms with van der Waals surface area (Å²) < 4.78 is 13.9. The number of rotatable bonds is 12. The summed E-state index contributed by atoms with van der Waals surface area (Å²) in [6.07, 6.45) is 4.06. The second-order valence-corrected chi connectivity index (χ2v) is 15.1. The van der Waals surface area contributed by atoms with E-state index in [1.54, 1.807) is 25.6 Å². The van der Waals surface area contributed by atoms with E-state index in [4.69, 9.17) is 9.47 Å². The van der Waals surface area contributed by atoms with Crippen molar-refractivity contribution in [2.45, 2.75) is 77.7 Å². The van der Waals surface area contributed by atoms with Crippen LogP contribution in [0.1, 0.15) is 64.1 Å². The number of aromatic nitrogens is 3. The number of hydrogen-bond donors (Lipinski definition) is 1. The molecule has 0 saturated heterocycles. The first kappa shape index (κ1) is 36.5. The van der Waals surface area contributed by atoms with Crippen LogP contribution in [0.25, 0.3) is 22.0 Å². The molecule has 5 aromatic rings. The van der Waals surface area contributed by atoms with Gasteiger partial charge >= 0.3 is 5.97 Å². The number of hydrogen-bond acceptors (Lipinski definition) is 6. The number of carboxylic acids is 1. The fourth-order valence-corrected chi connectivity index (χ4v) is 6.41. The van der Waals surface area contributed by atoms with Crippen molar-refractivity contribution in [3.8, 4) is 22.8 Å². The number of fused-ring (bicyclic) bond motifs is 1. The van der Waals surface area contributed by atoms with Gasteiger partial charge in [0.25, 0.3) is 0 Å². The third-order valence-corrected chi connectivity index (χ3v) is 8.98. The van der Waals surface area contributed by atoms with Crippen LogP contribution in [-0.4, -0.2) is 66.5 Å². The molecule has 0 atom stereocenters. The fraction of sp³-hybridized carbons (Fsp3) is 0.342. The van der Waals surface area contributed by atoms with Crippen LogP contribution in [0.15, 0.2) is 84.0 Å². The molecule has 0 fully saturated rings. The minimum Gasteiger partial charge on any atom is -0.487 e. The third-order valence-electron chi connectivity index (χ3n) is 7.70. The van der Waals surface area contributed by atoms with Crippen LogP contribution in [0.5, 0.6) is 11.6 Å². The molecule has 47 heavy (non-hydrogen) atoms. The minimum absolute atomic E-state index is 0. The SMILES string of the molecule is CCOc1ccc(-c2ccc(Cn3c(CC(C)(C)C(=O)O)c(SC(C)(C)C)c4cc(OCc5ccc(C)cn5)ccc43)cc2)cn1.[Na]. The van der Waals surface area contributed by atoms with Gasteiger partial charge in [-0.2, -0.15) is 0 Å². The van der Waals surface area contributed by atoms with Crippen molar-refractivity contribution >= 4 is 58.2 Å². The molecule has 0 aliphatic carbocycles. The topological polar surface area (TPSA) is 86.5 Å². The number of ether oxygens (including phenoxy) is 2. The van der Waals surface area contributed by atoms with Crippen LogP contribution in [0.2, 0.25) is 0 Å². The van der Waals surface area contributed by atoms with E-state index in [9.17, 15) is 9.90 Å².